The van der Waals surface area contributed by atoms with Crippen molar-refractivity contribution in [3.63, 3.8) is 0 Å². The molecule has 148 valence electrons. The van der Waals surface area contributed by atoms with E-state index in [1.54, 1.807) is 0 Å². The number of aromatic nitrogens is 1. The van der Waals surface area contributed by atoms with Crippen LogP contribution in [-0.4, -0.2) is 10.7 Å². The highest BCUT2D eigenvalue weighted by Gasteiger charge is 2.29. The summed E-state index contributed by atoms with van der Waals surface area (Å²) < 4.78 is 8.64. The molecule has 7 rings (SSSR count). The van der Waals surface area contributed by atoms with E-state index in [9.17, 15) is 0 Å². The molecule has 0 N–H and O–H groups in total. The van der Waals surface area contributed by atoms with Crippen molar-refractivity contribution >= 4 is 38.2 Å². The lowest BCUT2D eigenvalue weighted by molar-refractivity contribution is 0.279. The minimum Gasteiger partial charge on any atom is -0.485 e. The standard InChI is InChI=1S/C29H21NO/c1-30-26-16-19-8-3-2-7-18(19)15-25(26)24-11-6-10-21(29(24)30)20-13-14-23-22-9-4-5-12-27(22)31-28(23)17-20/h2-11,13-17,27H,12H2,1H3. The fourth-order valence-electron chi connectivity index (χ4n) is 5.36. The SMILES string of the molecule is Cn1c2cc3ccccc3cc2c2cccc(-c3ccc4c(c3)OC3CC=CC=C43)c21. The van der Waals surface area contributed by atoms with Gasteiger partial charge in [0.15, 0.2) is 0 Å². The van der Waals surface area contributed by atoms with Crippen molar-refractivity contribution in [3.05, 3.63) is 96.6 Å². The molecule has 4 aromatic carbocycles. The minimum absolute atomic E-state index is 0.163. The van der Waals surface area contributed by atoms with Gasteiger partial charge in [-0.25, -0.2) is 0 Å². The molecule has 2 nitrogen and oxygen atoms in total. The molecular weight excluding hydrogens is 378 g/mol. The van der Waals surface area contributed by atoms with Crippen LogP contribution in [0, 0.1) is 0 Å². The molecule has 0 saturated carbocycles. The highest BCUT2D eigenvalue weighted by molar-refractivity contribution is 6.16. The molecule has 0 saturated heterocycles. The molecule has 1 aliphatic heterocycles. The van der Waals surface area contributed by atoms with Gasteiger partial charge in [0, 0.05) is 46.5 Å². The van der Waals surface area contributed by atoms with Crippen LogP contribution >= 0.6 is 0 Å². The highest BCUT2D eigenvalue weighted by atomic mass is 16.5. The predicted octanol–water partition coefficient (Wildman–Crippen LogP) is 7.26. The molecule has 2 aliphatic rings. The number of hydrogen-bond acceptors (Lipinski definition) is 1. The predicted molar refractivity (Wildman–Crippen MR) is 130 cm³/mol. The third-order valence-corrected chi connectivity index (χ3v) is 6.87. The van der Waals surface area contributed by atoms with E-state index in [0.29, 0.717) is 0 Å². The maximum atomic E-state index is 6.30. The van der Waals surface area contributed by atoms with Crippen molar-refractivity contribution < 1.29 is 4.74 Å². The third kappa shape index (κ3) is 2.33. The van der Waals surface area contributed by atoms with Crippen molar-refractivity contribution in [1.29, 1.82) is 0 Å². The molecule has 0 amide bonds. The first-order valence-electron chi connectivity index (χ1n) is 10.9. The highest BCUT2D eigenvalue weighted by Crippen LogP contribution is 2.44. The van der Waals surface area contributed by atoms with Crippen molar-refractivity contribution in [2.24, 2.45) is 7.05 Å². The summed E-state index contributed by atoms with van der Waals surface area (Å²) in [6.45, 7) is 0. The van der Waals surface area contributed by atoms with Gasteiger partial charge in [0.1, 0.15) is 11.9 Å². The van der Waals surface area contributed by atoms with Crippen LogP contribution < -0.4 is 4.74 Å². The molecule has 0 spiro atoms. The number of nitrogens with zero attached hydrogens (tertiary/aromatic N) is 1. The first kappa shape index (κ1) is 17.0. The lowest BCUT2D eigenvalue weighted by Gasteiger charge is -2.12. The van der Waals surface area contributed by atoms with Gasteiger partial charge in [-0.2, -0.15) is 0 Å². The number of rotatable bonds is 1. The summed E-state index contributed by atoms with van der Waals surface area (Å²) in [7, 11) is 2.18. The molecule has 0 bridgehead atoms. The van der Waals surface area contributed by atoms with Gasteiger partial charge in [-0.1, -0.05) is 72.8 Å². The van der Waals surface area contributed by atoms with Crippen LogP contribution in [0.1, 0.15) is 12.0 Å². The van der Waals surface area contributed by atoms with Gasteiger partial charge >= 0.3 is 0 Å². The Bertz CT molecular complexity index is 1600. The summed E-state index contributed by atoms with van der Waals surface area (Å²) in [5.41, 5.74) is 7.51. The zero-order valence-corrected chi connectivity index (χ0v) is 17.3. The van der Waals surface area contributed by atoms with Crippen LogP contribution in [-0.2, 0) is 7.05 Å². The molecule has 0 radical (unpaired) electrons. The van der Waals surface area contributed by atoms with Crippen molar-refractivity contribution in [3.8, 4) is 16.9 Å². The monoisotopic (exact) mass is 399 g/mol. The van der Waals surface area contributed by atoms with Gasteiger partial charge in [-0.3, -0.25) is 0 Å². The summed E-state index contributed by atoms with van der Waals surface area (Å²) in [5, 5.41) is 5.15. The second kappa shape index (κ2) is 6.12. The van der Waals surface area contributed by atoms with Crippen LogP contribution in [0.2, 0.25) is 0 Å². The van der Waals surface area contributed by atoms with Crippen LogP contribution in [0.3, 0.4) is 0 Å². The number of aryl methyl sites for hydroxylation is 1. The average molecular weight is 399 g/mol. The number of para-hydroxylation sites is 1. The van der Waals surface area contributed by atoms with E-state index in [1.165, 1.54) is 54.8 Å². The quantitative estimate of drug-likeness (QED) is 0.289. The summed E-state index contributed by atoms with van der Waals surface area (Å²) >= 11 is 0. The number of hydrogen-bond donors (Lipinski definition) is 0. The second-order valence-corrected chi connectivity index (χ2v) is 8.58. The molecule has 1 atom stereocenters. The Morgan fingerprint density at radius 1 is 0.839 bits per heavy atom. The number of allylic oxidation sites excluding steroid dienone is 2. The normalized spacial score (nSPS) is 17.1. The van der Waals surface area contributed by atoms with Gasteiger partial charge in [-0.05, 0) is 34.5 Å². The van der Waals surface area contributed by atoms with E-state index in [-0.39, 0.29) is 6.10 Å². The smallest absolute Gasteiger partial charge is 0.128 e. The topological polar surface area (TPSA) is 14.2 Å². The first-order valence-corrected chi connectivity index (χ1v) is 10.9. The Labute approximate surface area is 180 Å². The van der Waals surface area contributed by atoms with Crippen molar-refractivity contribution in [2.45, 2.75) is 12.5 Å². The Kier molecular flexibility index (Phi) is 3.35. The Balaban J connectivity index is 1.47. The molecule has 5 aromatic rings. The van der Waals surface area contributed by atoms with Gasteiger partial charge in [0.05, 0.1) is 5.52 Å². The fraction of sp³-hybridized carbons (Fsp3) is 0.103. The maximum absolute atomic E-state index is 6.30. The Morgan fingerprint density at radius 2 is 1.71 bits per heavy atom. The summed E-state index contributed by atoms with van der Waals surface area (Å²) in [4.78, 5) is 0. The molecule has 1 aliphatic carbocycles. The minimum atomic E-state index is 0.163. The van der Waals surface area contributed by atoms with Crippen LogP contribution in [0.5, 0.6) is 5.75 Å². The second-order valence-electron chi connectivity index (χ2n) is 8.58. The lowest BCUT2D eigenvalue weighted by atomic mass is 9.94. The lowest BCUT2D eigenvalue weighted by Crippen LogP contribution is -2.12. The molecule has 2 heteroatoms. The molecule has 1 aromatic heterocycles. The molecule has 0 fully saturated rings. The van der Waals surface area contributed by atoms with Gasteiger partial charge in [-0.15, -0.1) is 0 Å². The van der Waals surface area contributed by atoms with E-state index in [4.69, 9.17) is 4.74 Å². The first-order chi connectivity index (χ1) is 15.3. The van der Waals surface area contributed by atoms with Crippen LogP contribution in [0.25, 0.3) is 49.3 Å². The van der Waals surface area contributed by atoms with Crippen LogP contribution in [0.15, 0.2) is 91.0 Å². The fourth-order valence-corrected chi connectivity index (χ4v) is 5.36. The van der Waals surface area contributed by atoms with E-state index < -0.39 is 0 Å². The van der Waals surface area contributed by atoms with Crippen molar-refractivity contribution in [2.75, 3.05) is 0 Å². The largest absolute Gasteiger partial charge is 0.485 e. The maximum Gasteiger partial charge on any atom is 0.128 e. The van der Waals surface area contributed by atoms with Gasteiger partial charge in [0.2, 0.25) is 0 Å². The number of ether oxygens (including phenoxy) is 1. The summed E-state index contributed by atoms with van der Waals surface area (Å²) in [6, 6.07) is 26.6. The zero-order chi connectivity index (χ0) is 20.5. The van der Waals surface area contributed by atoms with Crippen molar-refractivity contribution in [1.82, 2.24) is 4.57 Å². The van der Waals surface area contributed by atoms with E-state index >= 15 is 0 Å². The zero-order valence-electron chi connectivity index (χ0n) is 17.3. The average Bonchev–Trinajstić information content (AvgIpc) is 3.32. The molecular formula is C29H21NO. The van der Waals surface area contributed by atoms with Crippen LogP contribution in [0.4, 0.5) is 0 Å². The molecule has 31 heavy (non-hydrogen) atoms. The van der Waals surface area contributed by atoms with E-state index in [0.717, 1.165) is 12.2 Å². The number of fused-ring (bicyclic) bond motifs is 7. The van der Waals surface area contributed by atoms with Gasteiger partial charge in [0.25, 0.3) is 0 Å². The Morgan fingerprint density at radius 3 is 2.61 bits per heavy atom. The summed E-state index contributed by atoms with van der Waals surface area (Å²) in [6.07, 6.45) is 7.62. The van der Waals surface area contributed by atoms with Gasteiger partial charge < -0.3 is 9.30 Å². The molecule has 1 unspecified atom stereocenters. The molecule has 2 heterocycles. The number of benzene rings is 4. The van der Waals surface area contributed by atoms with E-state index in [2.05, 4.69) is 103 Å². The van der Waals surface area contributed by atoms with E-state index in [1.807, 2.05) is 0 Å². The summed E-state index contributed by atoms with van der Waals surface area (Å²) in [5.74, 6) is 0.999. The Hall–Kier alpha value is -3.78. The third-order valence-electron chi connectivity index (χ3n) is 6.87.